The quantitative estimate of drug-likeness (QED) is 0.774. The van der Waals surface area contributed by atoms with Crippen LogP contribution in [0.4, 0.5) is 0 Å². The van der Waals surface area contributed by atoms with E-state index in [1.807, 2.05) is 19.9 Å². The van der Waals surface area contributed by atoms with Gasteiger partial charge in [0.2, 0.25) is 5.91 Å². The van der Waals surface area contributed by atoms with Crippen molar-refractivity contribution in [3.8, 4) is 0 Å². The van der Waals surface area contributed by atoms with Crippen molar-refractivity contribution in [1.82, 2.24) is 10.6 Å². The predicted molar refractivity (Wildman–Crippen MR) is 80.5 cm³/mol. The molecule has 0 saturated carbocycles. The van der Waals surface area contributed by atoms with Crippen molar-refractivity contribution >= 4 is 27.8 Å². The fourth-order valence-electron chi connectivity index (χ4n) is 1.62. The van der Waals surface area contributed by atoms with E-state index in [4.69, 9.17) is 0 Å². The van der Waals surface area contributed by atoms with E-state index in [-0.39, 0.29) is 24.5 Å². The molecule has 0 fully saturated rings. The molecule has 0 heterocycles. The van der Waals surface area contributed by atoms with Crippen LogP contribution in [0.25, 0.3) is 0 Å². The summed E-state index contributed by atoms with van der Waals surface area (Å²) < 4.78 is 5.46. The topological polar surface area (TPSA) is 67.4 Å². The molecule has 2 N–H and O–H groups in total. The highest BCUT2D eigenvalue weighted by molar-refractivity contribution is 9.10. The van der Waals surface area contributed by atoms with Crippen molar-refractivity contribution in [2.75, 3.05) is 13.7 Å². The Bertz CT molecular complexity index is 489. The van der Waals surface area contributed by atoms with Gasteiger partial charge in [-0.15, -0.1) is 0 Å². The highest BCUT2D eigenvalue weighted by Gasteiger charge is 2.09. The average molecular weight is 343 g/mol. The monoisotopic (exact) mass is 342 g/mol. The van der Waals surface area contributed by atoms with E-state index in [1.54, 1.807) is 12.1 Å². The van der Waals surface area contributed by atoms with E-state index >= 15 is 0 Å². The fraction of sp³-hybridized carbons (Fsp3) is 0.429. The van der Waals surface area contributed by atoms with E-state index < -0.39 is 0 Å². The van der Waals surface area contributed by atoms with Gasteiger partial charge in [0.05, 0.1) is 19.2 Å². The van der Waals surface area contributed by atoms with Gasteiger partial charge >= 0.3 is 5.97 Å². The Hall–Kier alpha value is -1.40. The molecule has 0 radical (unpaired) electrons. The van der Waals surface area contributed by atoms with Crippen molar-refractivity contribution in [1.29, 1.82) is 0 Å². The third kappa shape index (κ3) is 5.30. The van der Waals surface area contributed by atoms with Crippen molar-refractivity contribution < 1.29 is 14.3 Å². The molecule has 110 valence electrons. The highest BCUT2D eigenvalue weighted by Crippen LogP contribution is 2.19. The summed E-state index contributed by atoms with van der Waals surface area (Å²) in [6.45, 7) is 4.62. The number of carbonyl (C=O) groups is 2. The Kier molecular flexibility index (Phi) is 6.67. The molecule has 0 atom stereocenters. The number of halogens is 1. The van der Waals surface area contributed by atoms with E-state index in [0.717, 1.165) is 10.0 Å². The summed E-state index contributed by atoms with van der Waals surface area (Å²) >= 11 is 3.40. The molecule has 6 heteroatoms. The summed E-state index contributed by atoms with van der Waals surface area (Å²) in [5.41, 5.74) is 1.45. The molecule has 0 unspecified atom stereocenters. The molecule has 0 aliphatic carbocycles. The summed E-state index contributed by atoms with van der Waals surface area (Å²) in [7, 11) is 1.35. The van der Waals surface area contributed by atoms with Crippen LogP contribution in [-0.4, -0.2) is 31.6 Å². The second kappa shape index (κ2) is 8.01. The Balaban J connectivity index is 2.53. The van der Waals surface area contributed by atoms with E-state index in [9.17, 15) is 9.59 Å². The number of esters is 1. The first-order valence-electron chi connectivity index (χ1n) is 6.31. The number of carbonyl (C=O) groups excluding carboxylic acids is 2. The lowest BCUT2D eigenvalue weighted by Crippen LogP contribution is -2.37. The Morgan fingerprint density at radius 3 is 2.60 bits per heavy atom. The number of rotatable bonds is 6. The van der Waals surface area contributed by atoms with E-state index in [2.05, 4.69) is 31.3 Å². The fourth-order valence-corrected chi connectivity index (χ4v) is 2.14. The van der Waals surface area contributed by atoms with Crippen LogP contribution >= 0.6 is 15.9 Å². The maximum Gasteiger partial charge on any atom is 0.337 e. The molecule has 1 amide bonds. The predicted octanol–water partition coefficient (Wildman–Crippen LogP) is 1.85. The van der Waals surface area contributed by atoms with Crippen molar-refractivity contribution in [2.24, 2.45) is 0 Å². The third-order valence-corrected chi connectivity index (χ3v) is 3.26. The minimum Gasteiger partial charge on any atom is -0.465 e. The van der Waals surface area contributed by atoms with Gasteiger partial charge in [-0.2, -0.15) is 0 Å². The largest absolute Gasteiger partial charge is 0.465 e. The molecular formula is C14H19BrN2O3. The van der Waals surface area contributed by atoms with Crippen LogP contribution in [0.1, 0.15) is 29.8 Å². The molecule has 5 nitrogen and oxygen atoms in total. The number of ether oxygens (including phenoxy) is 1. The van der Waals surface area contributed by atoms with Crippen LogP contribution in [0.15, 0.2) is 22.7 Å². The number of benzene rings is 1. The number of hydrogen-bond donors (Lipinski definition) is 2. The second-order valence-corrected chi connectivity index (χ2v) is 5.48. The maximum absolute atomic E-state index is 11.5. The van der Waals surface area contributed by atoms with Gasteiger partial charge in [0.15, 0.2) is 0 Å². The summed E-state index contributed by atoms with van der Waals surface area (Å²) in [5, 5.41) is 5.85. The summed E-state index contributed by atoms with van der Waals surface area (Å²) in [6.07, 6.45) is 0. The number of nitrogens with one attached hydrogen (secondary N) is 2. The molecule has 1 aromatic carbocycles. The second-order valence-electron chi connectivity index (χ2n) is 4.62. The molecule has 1 rings (SSSR count). The Morgan fingerprint density at radius 2 is 2.05 bits per heavy atom. The van der Waals surface area contributed by atoms with Crippen LogP contribution in [0.3, 0.4) is 0 Å². The van der Waals surface area contributed by atoms with Gasteiger partial charge in [0, 0.05) is 17.1 Å². The normalized spacial score (nSPS) is 10.4. The zero-order valence-electron chi connectivity index (χ0n) is 11.8. The molecule has 0 aromatic heterocycles. The van der Waals surface area contributed by atoms with Gasteiger partial charge < -0.3 is 15.4 Å². The molecule has 0 saturated heterocycles. The van der Waals surface area contributed by atoms with Gasteiger partial charge in [0.1, 0.15) is 0 Å². The van der Waals surface area contributed by atoms with Gasteiger partial charge in [0.25, 0.3) is 0 Å². The third-order valence-electron chi connectivity index (χ3n) is 2.52. The molecule has 0 spiro atoms. The molecule has 0 aliphatic rings. The van der Waals surface area contributed by atoms with Crippen LogP contribution in [-0.2, 0) is 16.1 Å². The van der Waals surface area contributed by atoms with Crippen molar-refractivity contribution in [3.63, 3.8) is 0 Å². The van der Waals surface area contributed by atoms with E-state index in [0.29, 0.717) is 12.1 Å². The molecule has 0 aliphatic heterocycles. The number of hydrogen-bond acceptors (Lipinski definition) is 4. The lowest BCUT2D eigenvalue weighted by molar-refractivity contribution is -0.120. The van der Waals surface area contributed by atoms with Crippen molar-refractivity contribution in [3.05, 3.63) is 33.8 Å². The zero-order chi connectivity index (χ0) is 15.1. The first kappa shape index (κ1) is 16.7. The Morgan fingerprint density at radius 1 is 1.35 bits per heavy atom. The minimum absolute atomic E-state index is 0.0395. The molecule has 0 bridgehead atoms. The van der Waals surface area contributed by atoms with Gasteiger partial charge in [-0.25, -0.2) is 4.79 Å². The van der Waals surface area contributed by atoms with Crippen molar-refractivity contribution in [2.45, 2.75) is 26.4 Å². The smallest absolute Gasteiger partial charge is 0.337 e. The Labute approximate surface area is 127 Å². The van der Waals surface area contributed by atoms with E-state index in [1.165, 1.54) is 7.11 Å². The number of amides is 1. The lowest BCUT2D eigenvalue weighted by atomic mass is 10.1. The lowest BCUT2D eigenvalue weighted by Gasteiger charge is -2.10. The van der Waals surface area contributed by atoms with Crippen LogP contribution in [0, 0.1) is 0 Å². The summed E-state index contributed by atoms with van der Waals surface area (Å²) in [4.78, 5) is 22.8. The first-order valence-corrected chi connectivity index (χ1v) is 7.10. The number of methoxy groups -OCH3 is 1. The standard InChI is InChI=1S/C14H19BrN2O3/c1-9(2)17-13(18)8-16-7-11-5-4-10(6-12(11)15)14(19)20-3/h4-6,9,16H,7-8H2,1-3H3,(H,17,18). The maximum atomic E-state index is 11.5. The summed E-state index contributed by atoms with van der Waals surface area (Å²) in [6, 6.07) is 5.36. The minimum atomic E-state index is -0.374. The highest BCUT2D eigenvalue weighted by atomic mass is 79.9. The summed E-state index contributed by atoms with van der Waals surface area (Å²) in [5.74, 6) is -0.413. The molecule has 20 heavy (non-hydrogen) atoms. The molecule has 1 aromatic rings. The average Bonchev–Trinajstić information content (AvgIpc) is 2.38. The molecular weight excluding hydrogens is 324 g/mol. The van der Waals surface area contributed by atoms with Gasteiger partial charge in [-0.1, -0.05) is 22.0 Å². The van der Waals surface area contributed by atoms with Crippen LogP contribution in [0.2, 0.25) is 0 Å². The van der Waals surface area contributed by atoms with Crippen LogP contribution in [0.5, 0.6) is 0 Å². The first-order chi connectivity index (χ1) is 9.43. The SMILES string of the molecule is COC(=O)c1ccc(CNCC(=O)NC(C)C)c(Br)c1. The van der Waals surface area contributed by atoms with Crippen LogP contribution < -0.4 is 10.6 Å². The van der Waals surface area contributed by atoms with Gasteiger partial charge in [-0.05, 0) is 31.5 Å². The van der Waals surface area contributed by atoms with Gasteiger partial charge in [-0.3, -0.25) is 4.79 Å². The zero-order valence-corrected chi connectivity index (χ0v) is 13.4.